The van der Waals surface area contributed by atoms with Gasteiger partial charge in [0.2, 0.25) is 11.8 Å². The van der Waals surface area contributed by atoms with E-state index in [-0.39, 0.29) is 17.3 Å². The van der Waals surface area contributed by atoms with Gasteiger partial charge in [-0.05, 0) is 88.9 Å². The Kier molecular flexibility index (Phi) is 10.3. The van der Waals surface area contributed by atoms with Gasteiger partial charge in [-0.15, -0.1) is 0 Å². The Balaban J connectivity index is 2.13. The van der Waals surface area contributed by atoms with Crippen LogP contribution in [0.15, 0.2) is 71.6 Å². The highest BCUT2D eigenvalue weighted by molar-refractivity contribution is 7.92. The first-order chi connectivity index (χ1) is 19.2. The van der Waals surface area contributed by atoms with Gasteiger partial charge in [-0.25, -0.2) is 8.42 Å². The van der Waals surface area contributed by atoms with Gasteiger partial charge in [0.05, 0.1) is 10.6 Å². The summed E-state index contributed by atoms with van der Waals surface area (Å²) >= 11 is 6.40. The zero-order valence-electron chi connectivity index (χ0n) is 24.9. The third-order valence-corrected chi connectivity index (χ3v) is 9.07. The fraction of sp³-hybridized carbons (Fsp3) is 0.375. The molecule has 9 heteroatoms. The number of halogens is 1. The van der Waals surface area contributed by atoms with Crippen molar-refractivity contribution in [2.45, 2.75) is 77.9 Å². The summed E-state index contributed by atoms with van der Waals surface area (Å²) in [5.74, 6) is -0.798. The number of benzene rings is 3. The lowest BCUT2D eigenvalue weighted by atomic mass is 10.0. The van der Waals surface area contributed by atoms with Crippen LogP contribution in [0.25, 0.3) is 0 Å². The van der Waals surface area contributed by atoms with Crippen LogP contribution in [0.2, 0.25) is 5.02 Å². The lowest BCUT2D eigenvalue weighted by molar-refractivity contribution is -0.141. The van der Waals surface area contributed by atoms with Gasteiger partial charge in [0.15, 0.2) is 0 Å². The number of nitrogens with zero attached hydrogens (tertiary/aromatic N) is 2. The molecule has 0 aliphatic heterocycles. The van der Waals surface area contributed by atoms with Crippen molar-refractivity contribution in [3.8, 4) is 0 Å². The van der Waals surface area contributed by atoms with Gasteiger partial charge in [-0.3, -0.25) is 13.9 Å². The molecular weight excluding hydrogens is 558 g/mol. The molecule has 220 valence electrons. The van der Waals surface area contributed by atoms with Gasteiger partial charge in [0.1, 0.15) is 12.6 Å². The molecule has 0 aliphatic carbocycles. The molecule has 2 amide bonds. The molecule has 0 spiro atoms. The van der Waals surface area contributed by atoms with Crippen molar-refractivity contribution in [1.82, 2.24) is 10.2 Å². The predicted molar refractivity (Wildman–Crippen MR) is 166 cm³/mol. The molecule has 1 atom stereocenters. The lowest BCUT2D eigenvalue weighted by Gasteiger charge is -2.35. The van der Waals surface area contributed by atoms with E-state index < -0.39 is 34.1 Å². The minimum Gasteiger partial charge on any atom is -0.350 e. The van der Waals surface area contributed by atoms with Gasteiger partial charge in [0.25, 0.3) is 10.0 Å². The summed E-state index contributed by atoms with van der Waals surface area (Å²) in [6.07, 6.45) is 0.348. The van der Waals surface area contributed by atoms with E-state index in [4.69, 9.17) is 11.6 Å². The molecule has 0 saturated heterocycles. The topological polar surface area (TPSA) is 86.8 Å². The molecule has 7 nitrogen and oxygen atoms in total. The third kappa shape index (κ3) is 7.89. The summed E-state index contributed by atoms with van der Waals surface area (Å²) in [7, 11) is -4.17. The van der Waals surface area contributed by atoms with E-state index in [1.807, 2.05) is 65.8 Å². The first-order valence-electron chi connectivity index (χ1n) is 13.7. The first-order valence-corrected chi connectivity index (χ1v) is 15.5. The molecule has 0 saturated carbocycles. The van der Waals surface area contributed by atoms with E-state index in [1.54, 1.807) is 37.3 Å². The van der Waals surface area contributed by atoms with Crippen molar-refractivity contribution >= 4 is 39.1 Å². The molecule has 0 bridgehead atoms. The zero-order chi connectivity index (χ0) is 30.5. The maximum atomic E-state index is 14.2. The fourth-order valence-electron chi connectivity index (χ4n) is 4.56. The molecule has 0 aliphatic rings. The average Bonchev–Trinajstić information content (AvgIpc) is 2.89. The summed E-state index contributed by atoms with van der Waals surface area (Å²) in [5.41, 5.74) is 3.06. The van der Waals surface area contributed by atoms with E-state index in [0.29, 0.717) is 22.7 Å². The molecule has 3 aromatic carbocycles. The second-order valence-electron chi connectivity index (χ2n) is 11.3. The molecule has 41 heavy (non-hydrogen) atoms. The SMILES string of the molecule is CCC(C(=O)NC(C)(C)C)N(Cc1ccccc1C)C(=O)CN(c1cccc(Cl)c1C)S(=O)(=O)c1ccc(C)cc1. The van der Waals surface area contributed by atoms with Crippen LogP contribution in [-0.2, 0) is 26.2 Å². The molecule has 3 rings (SSSR count). The molecule has 0 heterocycles. The average molecular weight is 598 g/mol. The summed E-state index contributed by atoms with van der Waals surface area (Å²) in [6, 6.07) is 18.3. The number of hydrogen-bond acceptors (Lipinski definition) is 4. The molecular formula is C32H40ClN3O4S. The van der Waals surface area contributed by atoms with E-state index in [9.17, 15) is 18.0 Å². The number of anilines is 1. The fourth-order valence-corrected chi connectivity index (χ4v) is 6.20. The van der Waals surface area contributed by atoms with E-state index >= 15 is 0 Å². The Morgan fingerprint density at radius 2 is 1.56 bits per heavy atom. The quantitative estimate of drug-likeness (QED) is 0.302. The molecule has 0 fully saturated rings. The minimum atomic E-state index is -4.17. The Labute approximate surface area is 249 Å². The van der Waals surface area contributed by atoms with Crippen LogP contribution < -0.4 is 9.62 Å². The van der Waals surface area contributed by atoms with E-state index in [2.05, 4.69) is 5.32 Å². The monoisotopic (exact) mass is 597 g/mol. The lowest BCUT2D eigenvalue weighted by Crippen LogP contribution is -2.55. The third-order valence-electron chi connectivity index (χ3n) is 6.88. The van der Waals surface area contributed by atoms with Crippen molar-refractivity contribution in [2.24, 2.45) is 0 Å². The number of hydrogen-bond donors (Lipinski definition) is 1. The minimum absolute atomic E-state index is 0.0539. The summed E-state index contributed by atoms with van der Waals surface area (Å²) in [6.45, 7) is 12.6. The summed E-state index contributed by atoms with van der Waals surface area (Å²) in [4.78, 5) is 29.3. The van der Waals surface area contributed by atoms with Crippen molar-refractivity contribution < 1.29 is 18.0 Å². The number of rotatable bonds is 10. The smallest absolute Gasteiger partial charge is 0.264 e. The Morgan fingerprint density at radius 3 is 2.15 bits per heavy atom. The van der Waals surface area contributed by atoms with Gasteiger partial charge < -0.3 is 10.2 Å². The Bertz CT molecular complexity index is 1500. The number of sulfonamides is 1. The second-order valence-corrected chi connectivity index (χ2v) is 13.6. The van der Waals surface area contributed by atoms with Crippen LogP contribution in [0.3, 0.4) is 0 Å². The van der Waals surface area contributed by atoms with Crippen molar-refractivity contribution in [3.05, 3.63) is 94.0 Å². The van der Waals surface area contributed by atoms with Gasteiger partial charge >= 0.3 is 0 Å². The second kappa shape index (κ2) is 13.1. The maximum Gasteiger partial charge on any atom is 0.264 e. The largest absolute Gasteiger partial charge is 0.350 e. The van der Waals surface area contributed by atoms with E-state index in [1.165, 1.54) is 17.0 Å². The number of aryl methyl sites for hydroxylation is 2. The maximum absolute atomic E-state index is 14.2. The summed E-state index contributed by atoms with van der Waals surface area (Å²) in [5, 5.41) is 3.37. The molecule has 3 aromatic rings. The first kappa shape index (κ1) is 32.2. The number of carbonyl (C=O) groups is 2. The molecule has 0 aromatic heterocycles. The highest BCUT2D eigenvalue weighted by Crippen LogP contribution is 2.31. The molecule has 1 unspecified atom stereocenters. The van der Waals surface area contributed by atoms with E-state index in [0.717, 1.165) is 21.0 Å². The van der Waals surface area contributed by atoms with Gasteiger partial charge in [0, 0.05) is 17.1 Å². The van der Waals surface area contributed by atoms with Crippen molar-refractivity contribution in [1.29, 1.82) is 0 Å². The highest BCUT2D eigenvalue weighted by atomic mass is 35.5. The van der Waals surface area contributed by atoms with Crippen molar-refractivity contribution in [3.63, 3.8) is 0 Å². The van der Waals surface area contributed by atoms with Crippen LogP contribution in [0.5, 0.6) is 0 Å². The van der Waals surface area contributed by atoms with Crippen molar-refractivity contribution in [2.75, 3.05) is 10.8 Å². The zero-order valence-corrected chi connectivity index (χ0v) is 26.4. The number of amides is 2. The normalized spacial score (nSPS) is 12.5. The Hall–Kier alpha value is -3.36. The highest BCUT2D eigenvalue weighted by Gasteiger charge is 2.35. The van der Waals surface area contributed by atoms with Crippen LogP contribution in [0.4, 0.5) is 5.69 Å². The summed E-state index contributed by atoms with van der Waals surface area (Å²) < 4.78 is 29.2. The Morgan fingerprint density at radius 1 is 0.927 bits per heavy atom. The van der Waals surface area contributed by atoms with Gasteiger partial charge in [-0.2, -0.15) is 0 Å². The number of nitrogens with one attached hydrogen (secondary N) is 1. The number of carbonyl (C=O) groups excluding carboxylic acids is 2. The predicted octanol–water partition coefficient (Wildman–Crippen LogP) is 6.18. The van der Waals surface area contributed by atoms with Crippen LogP contribution >= 0.6 is 11.6 Å². The van der Waals surface area contributed by atoms with Crippen LogP contribution in [0, 0.1) is 20.8 Å². The standard InChI is InChI=1S/C32H40ClN3O4S/c1-8-28(31(38)34-32(5,6)7)35(20-25-13-10-9-12-23(25)3)30(37)21-36(29-15-11-14-27(33)24(29)4)41(39,40)26-18-16-22(2)17-19-26/h9-19,28H,8,20-21H2,1-7H3,(H,34,38). The molecule has 1 N–H and O–H groups in total. The van der Waals surface area contributed by atoms with Gasteiger partial charge in [-0.1, -0.05) is 66.6 Å². The molecule has 0 radical (unpaired) electrons. The van der Waals surface area contributed by atoms with Crippen LogP contribution in [-0.4, -0.2) is 43.3 Å². The van der Waals surface area contributed by atoms with Crippen LogP contribution in [0.1, 0.15) is 56.4 Å².